The fourth-order valence-electron chi connectivity index (χ4n) is 1.57. The molecule has 0 saturated heterocycles. The average molecular weight is 291 g/mol. The van der Waals surface area contributed by atoms with Crippen LogP contribution in [0.2, 0.25) is 5.15 Å². The molecule has 0 spiro atoms. The number of aromatic nitrogens is 2. The van der Waals surface area contributed by atoms with Crippen LogP contribution in [0.5, 0.6) is 5.75 Å². The summed E-state index contributed by atoms with van der Waals surface area (Å²) in [4.78, 5) is 0. The Morgan fingerprint density at radius 2 is 1.89 bits per heavy atom. The predicted molar refractivity (Wildman–Crippen MR) is 64.3 cm³/mol. The molecule has 0 radical (unpaired) electrons. The minimum absolute atomic E-state index is 0.278. The van der Waals surface area contributed by atoms with Crippen LogP contribution >= 0.6 is 11.6 Å². The second kappa shape index (κ2) is 5.13. The highest BCUT2D eigenvalue weighted by Crippen LogP contribution is 2.29. The van der Waals surface area contributed by atoms with Crippen LogP contribution in [0.4, 0.5) is 13.2 Å². The summed E-state index contributed by atoms with van der Waals surface area (Å²) in [5.41, 5.74) is -0.0129. The number of hydrogen-bond acceptors (Lipinski definition) is 2. The van der Waals surface area contributed by atoms with E-state index >= 15 is 0 Å². The Morgan fingerprint density at radius 1 is 1.26 bits per heavy atom. The number of hydrogen-bond donors (Lipinski definition) is 0. The number of rotatable bonds is 3. The summed E-state index contributed by atoms with van der Waals surface area (Å²) in [7, 11) is 1.46. The van der Waals surface area contributed by atoms with E-state index in [0.29, 0.717) is 16.5 Å². The minimum Gasteiger partial charge on any atom is -0.492 e. The second-order valence-electron chi connectivity index (χ2n) is 3.86. The smallest absolute Gasteiger partial charge is 0.416 e. The molecule has 0 unspecified atom stereocenters. The predicted octanol–water partition coefficient (Wildman–Crippen LogP) is 3.61. The molecule has 0 saturated carbocycles. The Morgan fingerprint density at radius 3 is 2.37 bits per heavy atom. The molecule has 0 fully saturated rings. The lowest BCUT2D eigenvalue weighted by molar-refractivity contribution is -0.137. The van der Waals surface area contributed by atoms with Gasteiger partial charge in [0.25, 0.3) is 0 Å². The van der Waals surface area contributed by atoms with Crippen molar-refractivity contribution in [2.24, 2.45) is 0 Å². The third-order valence-corrected chi connectivity index (χ3v) is 2.96. The van der Waals surface area contributed by atoms with Gasteiger partial charge in [-0.1, -0.05) is 23.7 Å². The summed E-state index contributed by atoms with van der Waals surface area (Å²) >= 11 is 5.97. The summed E-state index contributed by atoms with van der Waals surface area (Å²) in [5, 5.41) is 4.30. The number of alkyl halides is 3. The Kier molecular flexibility index (Phi) is 3.71. The molecule has 7 heteroatoms. The summed E-state index contributed by atoms with van der Waals surface area (Å²) in [5.74, 6) is 0.425. The van der Waals surface area contributed by atoms with Crippen LogP contribution in [0.15, 0.2) is 30.5 Å². The Balaban J connectivity index is 2.17. The molecule has 102 valence electrons. The largest absolute Gasteiger partial charge is 0.492 e. The first-order valence-electron chi connectivity index (χ1n) is 5.33. The quantitative estimate of drug-likeness (QED) is 0.863. The molecular formula is C12H10ClF3N2O. The van der Waals surface area contributed by atoms with Gasteiger partial charge in [0.05, 0.1) is 25.4 Å². The first-order valence-corrected chi connectivity index (χ1v) is 5.71. The molecule has 0 atom stereocenters. The zero-order valence-corrected chi connectivity index (χ0v) is 10.7. The fraction of sp³-hybridized carbons (Fsp3) is 0.250. The van der Waals surface area contributed by atoms with E-state index in [1.54, 1.807) is 0 Å². The van der Waals surface area contributed by atoms with Gasteiger partial charge in [0, 0.05) is 0 Å². The Bertz CT molecular complexity index is 563. The van der Waals surface area contributed by atoms with Crippen molar-refractivity contribution in [1.29, 1.82) is 0 Å². The molecule has 0 aliphatic rings. The first kappa shape index (κ1) is 13.7. The molecule has 2 rings (SSSR count). The molecular weight excluding hydrogens is 281 g/mol. The van der Waals surface area contributed by atoms with Gasteiger partial charge in [-0.15, -0.1) is 0 Å². The molecule has 1 aromatic heterocycles. The van der Waals surface area contributed by atoms with Gasteiger partial charge >= 0.3 is 6.18 Å². The lowest BCUT2D eigenvalue weighted by atomic mass is 10.1. The number of benzene rings is 1. The van der Waals surface area contributed by atoms with Gasteiger partial charge in [-0.3, -0.25) is 0 Å². The van der Waals surface area contributed by atoms with E-state index in [1.165, 1.54) is 30.1 Å². The Hall–Kier alpha value is -1.69. The van der Waals surface area contributed by atoms with E-state index in [1.807, 2.05) is 0 Å². The summed E-state index contributed by atoms with van der Waals surface area (Å²) in [6, 6.07) is 4.86. The second-order valence-corrected chi connectivity index (χ2v) is 4.21. The van der Waals surface area contributed by atoms with E-state index in [-0.39, 0.29) is 6.54 Å². The highest BCUT2D eigenvalue weighted by molar-refractivity contribution is 6.31. The maximum atomic E-state index is 12.4. The topological polar surface area (TPSA) is 27.1 Å². The SMILES string of the molecule is COc1cnn(Cc2ccc(C(F)(F)F)cc2)c1Cl. The molecule has 3 nitrogen and oxygen atoms in total. The highest BCUT2D eigenvalue weighted by atomic mass is 35.5. The van der Waals surface area contributed by atoms with Gasteiger partial charge in [-0.05, 0) is 17.7 Å². The van der Waals surface area contributed by atoms with Gasteiger partial charge < -0.3 is 4.74 Å². The maximum absolute atomic E-state index is 12.4. The van der Waals surface area contributed by atoms with Crippen LogP contribution in [0.25, 0.3) is 0 Å². The number of nitrogens with zero attached hydrogens (tertiary/aromatic N) is 2. The van der Waals surface area contributed by atoms with Crippen LogP contribution in [-0.2, 0) is 12.7 Å². The van der Waals surface area contributed by atoms with E-state index in [2.05, 4.69) is 5.10 Å². The lowest BCUT2D eigenvalue weighted by Gasteiger charge is -2.08. The lowest BCUT2D eigenvalue weighted by Crippen LogP contribution is -2.06. The van der Waals surface area contributed by atoms with Crippen molar-refractivity contribution in [2.45, 2.75) is 12.7 Å². The molecule has 0 aliphatic carbocycles. The van der Waals surface area contributed by atoms with Crippen molar-refractivity contribution < 1.29 is 17.9 Å². The molecule has 0 N–H and O–H groups in total. The summed E-state index contributed by atoms with van der Waals surface area (Å²) in [6.07, 6.45) is -2.88. The Labute approximate surface area is 112 Å². The van der Waals surface area contributed by atoms with Crippen LogP contribution < -0.4 is 4.74 Å². The molecule has 1 heterocycles. The number of ether oxygens (including phenoxy) is 1. The molecule has 2 aromatic rings. The standard InChI is InChI=1S/C12H10ClF3N2O/c1-19-10-6-17-18(11(10)13)7-8-2-4-9(5-3-8)12(14,15)16/h2-6H,7H2,1H3. The zero-order chi connectivity index (χ0) is 14.0. The van der Waals surface area contributed by atoms with Gasteiger partial charge in [-0.2, -0.15) is 18.3 Å². The summed E-state index contributed by atoms with van der Waals surface area (Å²) in [6.45, 7) is 0.278. The van der Waals surface area contributed by atoms with Crippen molar-refractivity contribution in [3.8, 4) is 5.75 Å². The third-order valence-electron chi connectivity index (χ3n) is 2.58. The molecule has 19 heavy (non-hydrogen) atoms. The normalized spacial score (nSPS) is 11.6. The average Bonchev–Trinajstić information content (AvgIpc) is 2.70. The molecule has 0 bridgehead atoms. The van der Waals surface area contributed by atoms with Crippen molar-refractivity contribution >= 4 is 11.6 Å². The first-order chi connectivity index (χ1) is 8.91. The van der Waals surface area contributed by atoms with Crippen LogP contribution in [-0.4, -0.2) is 16.9 Å². The van der Waals surface area contributed by atoms with Crippen LogP contribution in [0.3, 0.4) is 0 Å². The van der Waals surface area contributed by atoms with Gasteiger partial charge in [0.2, 0.25) is 0 Å². The maximum Gasteiger partial charge on any atom is 0.416 e. The number of halogens is 4. The van der Waals surface area contributed by atoms with Crippen LogP contribution in [0.1, 0.15) is 11.1 Å². The van der Waals surface area contributed by atoms with E-state index in [0.717, 1.165) is 12.1 Å². The van der Waals surface area contributed by atoms with E-state index in [4.69, 9.17) is 16.3 Å². The van der Waals surface area contributed by atoms with Gasteiger partial charge in [0.1, 0.15) is 0 Å². The van der Waals surface area contributed by atoms with Crippen molar-refractivity contribution in [1.82, 2.24) is 9.78 Å². The van der Waals surface area contributed by atoms with Crippen LogP contribution in [0, 0.1) is 0 Å². The van der Waals surface area contributed by atoms with E-state index in [9.17, 15) is 13.2 Å². The minimum atomic E-state index is -4.33. The van der Waals surface area contributed by atoms with Gasteiger partial charge in [-0.25, -0.2) is 4.68 Å². The van der Waals surface area contributed by atoms with Crippen molar-refractivity contribution in [3.05, 3.63) is 46.7 Å². The van der Waals surface area contributed by atoms with Crippen molar-refractivity contribution in [3.63, 3.8) is 0 Å². The third kappa shape index (κ3) is 3.01. The van der Waals surface area contributed by atoms with E-state index < -0.39 is 11.7 Å². The highest BCUT2D eigenvalue weighted by Gasteiger charge is 2.29. The zero-order valence-electron chi connectivity index (χ0n) is 9.91. The fourth-order valence-corrected chi connectivity index (χ4v) is 1.80. The molecule has 0 amide bonds. The van der Waals surface area contributed by atoms with Crippen molar-refractivity contribution in [2.75, 3.05) is 7.11 Å². The number of methoxy groups -OCH3 is 1. The molecule has 0 aliphatic heterocycles. The monoisotopic (exact) mass is 290 g/mol. The summed E-state index contributed by atoms with van der Waals surface area (Å²) < 4.78 is 43.6. The van der Waals surface area contributed by atoms with Gasteiger partial charge in [0.15, 0.2) is 10.9 Å². The molecule has 1 aromatic carbocycles.